The van der Waals surface area contributed by atoms with Gasteiger partial charge in [0.2, 0.25) is 0 Å². The molecule has 3 aromatic rings. The summed E-state index contributed by atoms with van der Waals surface area (Å²) in [7, 11) is 0. The number of carbonyl (C=O) groups is 1. The fourth-order valence-corrected chi connectivity index (χ4v) is 3.87. The Morgan fingerprint density at radius 3 is 2.73 bits per heavy atom. The standard InChI is InChI=1S/C21H23N3O2/c1-12-7-8-17-16(10-12)20(14(3)15(4)22-17)21(25)24-9-5-6-19(24)18-11-13(2)26-23-18/h7-8,10-11,19H,5-6,9H2,1-4H3. The molecule has 1 saturated heterocycles. The Labute approximate surface area is 153 Å². The van der Waals surface area contributed by atoms with Crippen LogP contribution in [-0.2, 0) is 0 Å². The molecular weight excluding hydrogens is 326 g/mol. The molecule has 0 bridgehead atoms. The van der Waals surface area contributed by atoms with Gasteiger partial charge in [-0.15, -0.1) is 0 Å². The van der Waals surface area contributed by atoms with E-state index in [0.29, 0.717) is 0 Å². The van der Waals surface area contributed by atoms with Crippen molar-refractivity contribution in [1.82, 2.24) is 15.0 Å². The number of likely N-dealkylation sites (tertiary alicyclic amines) is 1. The van der Waals surface area contributed by atoms with E-state index in [4.69, 9.17) is 4.52 Å². The van der Waals surface area contributed by atoms with Crippen LogP contribution in [0, 0.1) is 27.7 Å². The summed E-state index contributed by atoms with van der Waals surface area (Å²) in [6, 6.07) is 8.01. The van der Waals surface area contributed by atoms with Gasteiger partial charge < -0.3 is 9.42 Å². The number of rotatable bonds is 2. The number of amides is 1. The Bertz CT molecular complexity index is 1010. The first kappa shape index (κ1) is 16.8. The Balaban J connectivity index is 1.83. The molecule has 0 radical (unpaired) electrons. The zero-order chi connectivity index (χ0) is 18.4. The maximum Gasteiger partial charge on any atom is 0.255 e. The molecule has 1 aliphatic heterocycles. The third-order valence-electron chi connectivity index (χ3n) is 5.34. The third kappa shape index (κ3) is 2.68. The molecule has 1 amide bonds. The lowest BCUT2D eigenvalue weighted by atomic mass is 9.98. The van der Waals surface area contributed by atoms with Crippen molar-refractivity contribution < 1.29 is 9.32 Å². The normalized spacial score (nSPS) is 17.2. The highest BCUT2D eigenvalue weighted by Crippen LogP contribution is 2.35. The van der Waals surface area contributed by atoms with Gasteiger partial charge in [-0.25, -0.2) is 0 Å². The van der Waals surface area contributed by atoms with Crippen LogP contribution in [0.5, 0.6) is 0 Å². The SMILES string of the molecule is Cc1ccc2nc(C)c(C)c(C(=O)N3CCCC3c3cc(C)on3)c2c1. The first-order chi connectivity index (χ1) is 12.5. The van der Waals surface area contributed by atoms with Crippen LogP contribution in [0.3, 0.4) is 0 Å². The summed E-state index contributed by atoms with van der Waals surface area (Å²) in [5.74, 6) is 0.836. The molecular formula is C21H23N3O2. The fourth-order valence-electron chi connectivity index (χ4n) is 3.87. The highest BCUT2D eigenvalue weighted by molar-refractivity contribution is 6.08. The molecule has 134 valence electrons. The second kappa shape index (κ2) is 6.24. The van der Waals surface area contributed by atoms with E-state index in [0.717, 1.165) is 64.1 Å². The molecule has 0 N–H and O–H groups in total. The van der Waals surface area contributed by atoms with Gasteiger partial charge >= 0.3 is 0 Å². The summed E-state index contributed by atoms with van der Waals surface area (Å²) in [5.41, 5.74) is 5.46. The number of benzene rings is 1. The molecule has 0 saturated carbocycles. The Kier molecular flexibility index (Phi) is 4.02. The van der Waals surface area contributed by atoms with Gasteiger partial charge in [0.05, 0.1) is 17.1 Å². The first-order valence-electron chi connectivity index (χ1n) is 9.07. The van der Waals surface area contributed by atoms with Crippen LogP contribution in [0.1, 0.15) is 57.5 Å². The van der Waals surface area contributed by atoms with Gasteiger partial charge in [0.25, 0.3) is 5.91 Å². The van der Waals surface area contributed by atoms with Crippen LogP contribution >= 0.6 is 0 Å². The molecule has 0 aliphatic carbocycles. The number of hydrogen-bond acceptors (Lipinski definition) is 4. The topological polar surface area (TPSA) is 59.2 Å². The van der Waals surface area contributed by atoms with E-state index in [9.17, 15) is 4.79 Å². The summed E-state index contributed by atoms with van der Waals surface area (Å²) in [5, 5.41) is 5.09. The fraction of sp³-hybridized carbons (Fsp3) is 0.381. The number of fused-ring (bicyclic) bond motifs is 1. The Morgan fingerprint density at radius 2 is 2.00 bits per heavy atom. The van der Waals surface area contributed by atoms with Crippen LogP contribution in [0.25, 0.3) is 10.9 Å². The summed E-state index contributed by atoms with van der Waals surface area (Å²) < 4.78 is 5.24. The molecule has 5 nitrogen and oxygen atoms in total. The highest BCUT2D eigenvalue weighted by Gasteiger charge is 2.34. The lowest BCUT2D eigenvalue weighted by Gasteiger charge is -2.25. The van der Waals surface area contributed by atoms with E-state index < -0.39 is 0 Å². The minimum Gasteiger partial charge on any atom is -0.361 e. The summed E-state index contributed by atoms with van der Waals surface area (Å²) in [6.07, 6.45) is 1.89. The number of nitrogens with zero attached hydrogens (tertiary/aromatic N) is 3. The van der Waals surface area contributed by atoms with Crippen LogP contribution < -0.4 is 0 Å². The van der Waals surface area contributed by atoms with Crippen LogP contribution in [-0.4, -0.2) is 27.5 Å². The van der Waals surface area contributed by atoms with E-state index in [1.807, 2.05) is 50.8 Å². The van der Waals surface area contributed by atoms with Crippen molar-refractivity contribution in [3.8, 4) is 0 Å². The van der Waals surface area contributed by atoms with Gasteiger partial charge in [-0.2, -0.15) is 0 Å². The number of hydrogen-bond donors (Lipinski definition) is 0. The number of aryl methyl sites for hydroxylation is 3. The van der Waals surface area contributed by atoms with Crippen molar-refractivity contribution >= 4 is 16.8 Å². The molecule has 4 rings (SSSR count). The largest absolute Gasteiger partial charge is 0.361 e. The summed E-state index contributed by atoms with van der Waals surface area (Å²) in [4.78, 5) is 20.2. The predicted octanol–water partition coefficient (Wildman–Crippen LogP) is 4.43. The first-order valence-corrected chi connectivity index (χ1v) is 9.07. The monoisotopic (exact) mass is 349 g/mol. The van der Waals surface area contributed by atoms with E-state index in [2.05, 4.69) is 16.2 Å². The second-order valence-electron chi connectivity index (χ2n) is 7.24. The quantitative estimate of drug-likeness (QED) is 0.686. The third-order valence-corrected chi connectivity index (χ3v) is 5.34. The summed E-state index contributed by atoms with van der Waals surface area (Å²) >= 11 is 0. The molecule has 0 spiro atoms. The lowest BCUT2D eigenvalue weighted by Crippen LogP contribution is -2.31. The second-order valence-corrected chi connectivity index (χ2v) is 7.24. The van der Waals surface area contributed by atoms with E-state index in [1.165, 1.54) is 0 Å². The molecule has 1 aliphatic rings. The average molecular weight is 349 g/mol. The summed E-state index contributed by atoms with van der Waals surface area (Å²) in [6.45, 7) is 8.62. The van der Waals surface area contributed by atoms with Crippen molar-refractivity contribution in [3.63, 3.8) is 0 Å². The van der Waals surface area contributed by atoms with E-state index >= 15 is 0 Å². The number of pyridine rings is 1. The maximum absolute atomic E-state index is 13.6. The number of aromatic nitrogens is 2. The van der Waals surface area contributed by atoms with Gasteiger partial charge in [0.15, 0.2) is 0 Å². The van der Waals surface area contributed by atoms with Crippen molar-refractivity contribution in [2.24, 2.45) is 0 Å². The van der Waals surface area contributed by atoms with E-state index in [1.54, 1.807) is 0 Å². The average Bonchev–Trinajstić information content (AvgIpc) is 3.24. The predicted molar refractivity (Wildman–Crippen MR) is 100 cm³/mol. The van der Waals surface area contributed by atoms with Gasteiger partial charge in [-0.05, 0) is 58.2 Å². The Hall–Kier alpha value is -2.69. The molecule has 26 heavy (non-hydrogen) atoms. The molecule has 2 aromatic heterocycles. The molecule has 1 unspecified atom stereocenters. The van der Waals surface area contributed by atoms with Crippen LogP contribution in [0.4, 0.5) is 0 Å². The van der Waals surface area contributed by atoms with Crippen LogP contribution in [0.15, 0.2) is 28.8 Å². The van der Waals surface area contributed by atoms with Crippen molar-refractivity contribution in [2.45, 2.75) is 46.6 Å². The zero-order valence-electron chi connectivity index (χ0n) is 15.7. The zero-order valence-corrected chi connectivity index (χ0v) is 15.7. The Morgan fingerprint density at radius 1 is 1.19 bits per heavy atom. The van der Waals surface area contributed by atoms with Crippen LogP contribution in [0.2, 0.25) is 0 Å². The molecule has 3 heterocycles. The van der Waals surface area contributed by atoms with Gasteiger partial charge in [0.1, 0.15) is 11.5 Å². The van der Waals surface area contributed by atoms with E-state index in [-0.39, 0.29) is 11.9 Å². The van der Waals surface area contributed by atoms with Gasteiger partial charge in [-0.1, -0.05) is 16.8 Å². The van der Waals surface area contributed by atoms with Crippen molar-refractivity contribution in [1.29, 1.82) is 0 Å². The molecule has 1 aromatic carbocycles. The minimum atomic E-state index is -0.0207. The number of carbonyl (C=O) groups excluding carboxylic acids is 1. The minimum absolute atomic E-state index is 0.0207. The van der Waals surface area contributed by atoms with Crippen molar-refractivity contribution in [2.75, 3.05) is 6.54 Å². The smallest absolute Gasteiger partial charge is 0.255 e. The molecule has 1 fully saturated rings. The molecule has 1 atom stereocenters. The lowest BCUT2D eigenvalue weighted by molar-refractivity contribution is 0.0732. The molecule has 5 heteroatoms. The maximum atomic E-state index is 13.6. The van der Waals surface area contributed by atoms with Gasteiger partial charge in [0, 0.05) is 23.7 Å². The highest BCUT2D eigenvalue weighted by atomic mass is 16.5. The van der Waals surface area contributed by atoms with Gasteiger partial charge in [-0.3, -0.25) is 9.78 Å². The van der Waals surface area contributed by atoms with Crippen molar-refractivity contribution in [3.05, 3.63) is 58.1 Å².